The summed E-state index contributed by atoms with van der Waals surface area (Å²) in [5.41, 5.74) is -0.296. The number of carbonyl (C=O) groups is 1. The highest BCUT2D eigenvalue weighted by atomic mass is 79.9. The fraction of sp³-hybridized carbons (Fsp3) is 0.417. The van der Waals surface area contributed by atoms with Gasteiger partial charge in [-0.25, -0.2) is 4.79 Å². The van der Waals surface area contributed by atoms with E-state index in [0.717, 1.165) is 0 Å². The van der Waals surface area contributed by atoms with Crippen LogP contribution in [0.2, 0.25) is 5.02 Å². The van der Waals surface area contributed by atoms with Crippen LogP contribution in [0.5, 0.6) is 0 Å². The number of amides is 2. The van der Waals surface area contributed by atoms with Gasteiger partial charge in [-0.15, -0.1) is 0 Å². The van der Waals surface area contributed by atoms with Crippen LogP contribution < -0.4 is 5.32 Å². The van der Waals surface area contributed by atoms with Crippen molar-refractivity contribution in [2.24, 2.45) is 0 Å². The highest BCUT2D eigenvalue weighted by Crippen LogP contribution is 2.26. The van der Waals surface area contributed by atoms with Crippen LogP contribution in [0.4, 0.5) is 10.5 Å². The fourth-order valence-corrected chi connectivity index (χ4v) is 2.24. The molecule has 0 saturated carbocycles. The van der Waals surface area contributed by atoms with E-state index in [1.54, 1.807) is 39.1 Å². The lowest BCUT2D eigenvalue weighted by atomic mass is 10.1. The molecular formula is C12H16BrClN2O2. The van der Waals surface area contributed by atoms with Crippen LogP contribution in [0, 0.1) is 0 Å². The molecule has 6 heteroatoms. The molecule has 0 spiro atoms. The maximum atomic E-state index is 11.9. The van der Waals surface area contributed by atoms with Crippen molar-refractivity contribution in [3.8, 4) is 0 Å². The van der Waals surface area contributed by atoms with Crippen LogP contribution >= 0.6 is 27.5 Å². The maximum absolute atomic E-state index is 11.9. The van der Waals surface area contributed by atoms with Crippen molar-refractivity contribution in [3.05, 3.63) is 27.7 Å². The van der Waals surface area contributed by atoms with Gasteiger partial charge in [0.25, 0.3) is 0 Å². The van der Waals surface area contributed by atoms with E-state index >= 15 is 0 Å². The fourth-order valence-electron chi connectivity index (χ4n) is 1.45. The van der Waals surface area contributed by atoms with Gasteiger partial charge in [0.2, 0.25) is 0 Å². The van der Waals surface area contributed by atoms with Gasteiger partial charge in [-0.1, -0.05) is 11.6 Å². The van der Waals surface area contributed by atoms with E-state index in [1.807, 2.05) is 0 Å². The Labute approximate surface area is 120 Å². The Morgan fingerprint density at radius 1 is 1.56 bits per heavy atom. The molecule has 18 heavy (non-hydrogen) atoms. The second kappa shape index (κ2) is 5.91. The standard InChI is InChI=1S/C12H16BrClN2O2/c1-12(2,18)7-16(3)11(17)15-10-5-4-8(14)6-9(10)13/h4-6,18H,7H2,1-3H3,(H,15,17). The van der Waals surface area contributed by atoms with E-state index in [0.29, 0.717) is 15.2 Å². The molecule has 4 nitrogen and oxygen atoms in total. The minimum atomic E-state index is -0.927. The minimum Gasteiger partial charge on any atom is -0.389 e. The molecule has 0 aliphatic carbocycles. The van der Waals surface area contributed by atoms with Crippen LogP contribution in [0.3, 0.4) is 0 Å². The van der Waals surface area contributed by atoms with Crippen molar-refractivity contribution in [3.63, 3.8) is 0 Å². The second-order valence-corrected chi connectivity index (χ2v) is 6.01. The van der Waals surface area contributed by atoms with E-state index in [-0.39, 0.29) is 12.6 Å². The Morgan fingerprint density at radius 2 is 2.17 bits per heavy atom. The van der Waals surface area contributed by atoms with Crippen LogP contribution in [0.25, 0.3) is 0 Å². The lowest BCUT2D eigenvalue weighted by Gasteiger charge is -2.25. The summed E-state index contributed by atoms with van der Waals surface area (Å²) in [7, 11) is 1.62. The first kappa shape index (κ1) is 15.3. The average Bonchev–Trinajstić information content (AvgIpc) is 2.19. The van der Waals surface area contributed by atoms with Gasteiger partial charge in [0.05, 0.1) is 17.8 Å². The first-order valence-electron chi connectivity index (χ1n) is 5.38. The Bertz CT molecular complexity index is 446. The van der Waals surface area contributed by atoms with Gasteiger partial charge in [0, 0.05) is 16.5 Å². The van der Waals surface area contributed by atoms with Crippen molar-refractivity contribution < 1.29 is 9.90 Å². The monoisotopic (exact) mass is 334 g/mol. The molecule has 1 aromatic carbocycles. The number of aliphatic hydroxyl groups is 1. The molecule has 0 atom stereocenters. The molecule has 0 bridgehead atoms. The predicted molar refractivity (Wildman–Crippen MR) is 77.1 cm³/mol. The van der Waals surface area contributed by atoms with Crippen LogP contribution in [-0.2, 0) is 0 Å². The molecule has 1 rings (SSSR count). The highest BCUT2D eigenvalue weighted by molar-refractivity contribution is 9.10. The van der Waals surface area contributed by atoms with Crippen LogP contribution in [-0.4, -0.2) is 35.2 Å². The van der Waals surface area contributed by atoms with Crippen molar-refractivity contribution in [2.75, 3.05) is 18.9 Å². The summed E-state index contributed by atoms with van der Waals surface area (Å²) in [6.07, 6.45) is 0. The molecule has 1 aromatic rings. The summed E-state index contributed by atoms with van der Waals surface area (Å²) in [4.78, 5) is 13.3. The van der Waals surface area contributed by atoms with E-state index in [4.69, 9.17) is 11.6 Å². The number of nitrogens with zero attached hydrogens (tertiary/aromatic N) is 1. The number of anilines is 1. The quantitative estimate of drug-likeness (QED) is 0.890. The number of hydrogen-bond acceptors (Lipinski definition) is 2. The molecule has 0 aliphatic rings. The summed E-state index contributed by atoms with van der Waals surface area (Å²) < 4.78 is 0.708. The van der Waals surface area contributed by atoms with E-state index < -0.39 is 5.60 Å². The van der Waals surface area contributed by atoms with Gasteiger partial charge in [-0.3, -0.25) is 0 Å². The van der Waals surface area contributed by atoms with Crippen LogP contribution in [0.15, 0.2) is 22.7 Å². The van der Waals surface area contributed by atoms with Crippen molar-refractivity contribution in [1.82, 2.24) is 4.90 Å². The molecule has 0 aromatic heterocycles. The van der Waals surface area contributed by atoms with E-state index in [9.17, 15) is 9.90 Å². The Kier molecular flexibility index (Phi) is 5.01. The van der Waals surface area contributed by atoms with Gasteiger partial charge in [-0.2, -0.15) is 0 Å². The summed E-state index contributed by atoms with van der Waals surface area (Å²) in [5, 5.41) is 13.0. The average molecular weight is 336 g/mol. The lowest BCUT2D eigenvalue weighted by molar-refractivity contribution is 0.0550. The van der Waals surface area contributed by atoms with Gasteiger partial charge < -0.3 is 15.3 Å². The van der Waals surface area contributed by atoms with Crippen molar-refractivity contribution in [1.29, 1.82) is 0 Å². The normalized spacial score (nSPS) is 11.2. The molecule has 0 heterocycles. The van der Waals surface area contributed by atoms with Crippen molar-refractivity contribution >= 4 is 39.2 Å². The molecule has 0 aliphatic heterocycles. The molecular weight excluding hydrogens is 320 g/mol. The number of hydrogen-bond donors (Lipinski definition) is 2. The molecule has 0 saturated heterocycles. The SMILES string of the molecule is CN(CC(C)(C)O)C(=O)Nc1ccc(Cl)cc1Br. The van der Waals surface area contributed by atoms with Gasteiger partial charge in [0.1, 0.15) is 0 Å². The zero-order chi connectivity index (χ0) is 13.9. The van der Waals surface area contributed by atoms with Gasteiger partial charge >= 0.3 is 6.03 Å². The number of urea groups is 1. The molecule has 0 unspecified atom stereocenters. The number of halogens is 2. The highest BCUT2D eigenvalue weighted by Gasteiger charge is 2.19. The third-order valence-electron chi connectivity index (χ3n) is 2.14. The van der Waals surface area contributed by atoms with Gasteiger partial charge in [-0.05, 0) is 48.0 Å². The Hall–Kier alpha value is -0.780. The first-order chi connectivity index (χ1) is 8.19. The molecule has 2 amide bonds. The largest absolute Gasteiger partial charge is 0.389 e. The number of nitrogens with one attached hydrogen (secondary N) is 1. The minimum absolute atomic E-state index is 0.240. The third kappa shape index (κ3) is 4.84. The van der Waals surface area contributed by atoms with Gasteiger partial charge in [0.15, 0.2) is 0 Å². The molecule has 2 N–H and O–H groups in total. The molecule has 0 fully saturated rings. The lowest BCUT2D eigenvalue weighted by Crippen LogP contribution is -2.41. The first-order valence-corrected chi connectivity index (χ1v) is 6.56. The maximum Gasteiger partial charge on any atom is 0.321 e. The number of rotatable bonds is 3. The molecule has 0 radical (unpaired) electrons. The number of carbonyl (C=O) groups excluding carboxylic acids is 1. The summed E-state index contributed by atoms with van der Waals surface area (Å²) in [6, 6.07) is 4.81. The topological polar surface area (TPSA) is 52.6 Å². The summed E-state index contributed by atoms with van der Waals surface area (Å²) >= 11 is 9.14. The predicted octanol–water partition coefficient (Wildman–Crippen LogP) is 3.34. The number of benzene rings is 1. The third-order valence-corrected chi connectivity index (χ3v) is 3.03. The van der Waals surface area contributed by atoms with Crippen LogP contribution in [0.1, 0.15) is 13.8 Å². The van der Waals surface area contributed by atoms with Crippen molar-refractivity contribution in [2.45, 2.75) is 19.4 Å². The zero-order valence-electron chi connectivity index (χ0n) is 10.5. The smallest absolute Gasteiger partial charge is 0.321 e. The van der Waals surface area contributed by atoms with E-state index in [1.165, 1.54) is 4.90 Å². The second-order valence-electron chi connectivity index (χ2n) is 4.72. The zero-order valence-corrected chi connectivity index (χ0v) is 12.8. The Morgan fingerprint density at radius 3 is 2.67 bits per heavy atom. The Balaban J connectivity index is 2.70. The summed E-state index contributed by atoms with van der Waals surface area (Å²) in [6.45, 7) is 3.54. The summed E-state index contributed by atoms with van der Waals surface area (Å²) in [5.74, 6) is 0. The van der Waals surface area contributed by atoms with E-state index in [2.05, 4.69) is 21.2 Å². The number of likely N-dealkylation sites (N-methyl/N-ethyl adjacent to an activating group) is 1. The molecule has 100 valence electrons.